The molecule has 7 heteroatoms. The summed E-state index contributed by atoms with van der Waals surface area (Å²) >= 11 is 6.35. The highest BCUT2D eigenvalue weighted by molar-refractivity contribution is 6.31. The second-order valence-electron chi connectivity index (χ2n) is 5.76. The van der Waals surface area contributed by atoms with Gasteiger partial charge in [0.2, 0.25) is 11.9 Å². The van der Waals surface area contributed by atoms with Gasteiger partial charge in [0.15, 0.2) is 0 Å². The average molecular weight is 344 g/mol. The van der Waals surface area contributed by atoms with Crippen LogP contribution in [0, 0.1) is 5.82 Å². The SMILES string of the molecule is Nc1nc2n(n1)C(c1ccc(F)cc1)CC(c1ccccc1Cl)N2. The van der Waals surface area contributed by atoms with Gasteiger partial charge in [0.05, 0.1) is 12.1 Å². The van der Waals surface area contributed by atoms with Crippen molar-refractivity contribution in [3.8, 4) is 0 Å². The van der Waals surface area contributed by atoms with Gasteiger partial charge in [-0.2, -0.15) is 4.98 Å². The van der Waals surface area contributed by atoms with Crippen LogP contribution in [-0.4, -0.2) is 14.8 Å². The third kappa shape index (κ3) is 2.59. The van der Waals surface area contributed by atoms with Gasteiger partial charge in [0.1, 0.15) is 5.82 Å². The fraction of sp³-hybridized carbons (Fsp3) is 0.176. The van der Waals surface area contributed by atoms with Crippen molar-refractivity contribution in [2.45, 2.75) is 18.5 Å². The molecule has 1 aliphatic heterocycles. The van der Waals surface area contributed by atoms with E-state index >= 15 is 0 Å². The van der Waals surface area contributed by atoms with E-state index in [2.05, 4.69) is 15.4 Å². The van der Waals surface area contributed by atoms with Crippen LogP contribution in [0.15, 0.2) is 48.5 Å². The van der Waals surface area contributed by atoms with Crippen LogP contribution in [0.1, 0.15) is 29.6 Å². The van der Waals surface area contributed by atoms with Gasteiger partial charge in [-0.3, -0.25) is 0 Å². The molecule has 122 valence electrons. The summed E-state index contributed by atoms with van der Waals surface area (Å²) in [6.07, 6.45) is 0.700. The number of halogens is 2. The molecular formula is C17H15ClFN5. The Morgan fingerprint density at radius 2 is 1.92 bits per heavy atom. The third-order valence-corrected chi connectivity index (χ3v) is 4.58. The van der Waals surface area contributed by atoms with Gasteiger partial charge >= 0.3 is 0 Å². The zero-order valence-electron chi connectivity index (χ0n) is 12.7. The Labute approximate surface area is 143 Å². The average Bonchev–Trinajstić information content (AvgIpc) is 2.95. The lowest BCUT2D eigenvalue weighted by molar-refractivity contribution is 0.431. The summed E-state index contributed by atoms with van der Waals surface area (Å²) in [5.41, 5.74) is 7.70. The first-order valence-corrected chi connectivity index (χ1v) is 7.98. The monoisotopic (exact) mass is 343 g/mol. The van der Waals surface area contributed by atoms with Gasteiger partial charge in [-0.05, 0) is 35.7 Å². The lowest BCUT2D eigenvalue weighted by Crippen LogP contribution is -2.28. The predicted molar refractivity (Wildman–Crippen MR) is 91.4 cm³/mol. The van der Waals surface area contributed by atoms with Crippen molar-refractivity contribution in [3.05, 3.63) is 70.5 Å². The van der Waals surface area contributed by atoms with E-state index < -0.39 is 0 Å². The van der Waals surface area contributed by atoms with Crippen LogP contribution in [0.4, 0.5) is 16.3 Å². The fourth-order valence-electron chi connectivity index (χ4n) is 3.12. The summed E-state index contributed by atoms with van der Waals surface area (Å²) in [5.74, 6) is 0.510. The Morgan fingerprint density at radius 1 is 1.17 bits per heavy atom. The minimum absolute atomic E-state index is 0.0372. The molecule has 1 aromatic heterocycles. The van der Waals surface area contributed by atoms with Crippen LogP contribution in [0.5, 0.6) is 0 Å². The smallest absolute Gasteiger partial charge is 0.241 e. The molecule has 24 heavy (non-hydrogen) atoms. The zero-order chi connectivity index (χ0) is 16.7. The highest BCUT2D eigenvalue weighted by Gasteiger charge is 2.31. The predicted octanol–water partition coefficient (Wildman–Crippen LogP) is 3.80. The number of rotatable bonds is 2. The molecule has 0 spiro atoms. The molecule has 0 bridgehead atoms. The van der Waals surface area contributed by atoms with Crippen LogP contribution < -0.4 is 11.1 Å². The molecule has 0 aliphatic carbocycles. The molecule has 4 rings (SSSR count). The summed E-state index contributed by atoms with van der Waals surface area (Å²) in [6.45, 7) is 0. The largest absolute Gasteiger partial charge is 0.366 e. The van der Waals surface area contributed by atoms with E-state index in [1.165, 1.54) is 12.1 Å². The van der Waals surface area contributed by atoms with Crippen molar-refractivity contribution >= 4 is 23.5 Å². The number of nitrogens with two attached hydrogens (primary N) is 1. The minimum Gasteiger partial charge on any atom is -0.366 e. The van der Waals surface area contributed by atoms with E-state index in [-0.39, 0.29) is 23.8 Å². The minimum atomic E-state index is -0.270. The number of aromatic nitrogens is 3. The zero-order valence-corrected chi connectivity index (χ0v) is 13.4. The van der Waals surface area contributed by atoms with E-state index in [9.17, 15) is 4.39 Å². The first kappa shape index (κ1) is 15.0. The summed E-state index contributed by atoms with van der Waals surface area (Å²) in [6, 6.07) is 14.0. The second-order valence-corrected chi connectivity index (χ2v) is 6.17. The molecule has 0 radical (unpaired) electrons. The number of fused-ring (bicyclic) bond motifs is 1. The Morgan fingerprint density at radius 3 is 2.67 bits per heavy atom. The Kier molecular flexibility index (Phi) is 3.61. The molecule has 2 heterocycles. The number of nitrogen functional groups attached to an aromatic ring is 1. The van der Waals surface area contributed by atoms with Gasteiger partial charge in [0, 0.05) is 5.02 Å². The summed E-state index contributed by atoms with van der Waals surface area (Å²) in [5, 5.41) is 8.30. The molecule has 3 N–H and O–H groups in total. The standard InChI is InChI=1S/C17H15ClFN5/c18-13-4-2-1-3-12(13)14-9-15(10-5-7-11(19)8-6-10)24-17(21-14)22-16(20)23-24/h1-8,14-15H,9H2,(H3,20,21,22,23). The van der Waals surface area contributed by atoms with E-state index in [1.54, 1.807) is 16.8 Å². The van der Waals surface area contributed by atoms with Crippen molar-refractivity contribution in [2.24, 2.45) is 0 Å². The first-order valence-electron chi connectivity index (χ1n) is 7.60. The van der Waals surface area contributed by atoms with Crippen LogP contribution in [-0.2, 0) is 0 Å². The van der Waals surface area contributed by atoms with Gasteiger partial charge < -0.3 is 11.1 Å². The molecule has 0 amide bonds. The van der Waals surface area contributed by atoms with Crippen molar-refractivity contribution in [3.63, 3.8) is 0 Å². The maximum atomic E-state index is 13.3. The maximum Gasteiger partial charge on any atom is 0.241 e. The Bertz CT molecular complexity index is 877. The normalized spacial score (nSPS) is 19.6. The number of anilines is 2. The van der Waals surface area contributed by atoms with Crippen molar-refractivity contribution in [1.29, 1.82) is 0 Å². The van der Waals surface area contributed by atoms with Crippen molar-refractivity contribution in [1.82, 2.24) is 14.8 Å². The van der Waals surface area contributed by atoms with Gasteiger partial charge in [-0.1, -0.05) is 41.9 Å². The van der Waals surface area contributed by atoms with Crippen molar-refractivity contribution in [2.75, 3.05) is 11.1 Å². The number of nitrogens with zero attached hydrogens (tertiary/aromatic N) is 3. The summed E-state index contributed by atoms with van der Waals surface area (Å²) in [7, 11) is 0. The van der Waals surface area contributed by atoms with Crippen LogP contribution in [0.3, 0.4) is 0 Å². The van der Waals surface area contributed by atoms with E-state index in [4.69, 9.17) is 17.3 Å². The Hall–Kier alpha value is -2.60. The topological polar surface area (TPSA) is 68.8 Å². The van der Waals surface area contributed by atoms with Crippen molar-refractivity contribution < 1.29 is 4.39 Å². The molecule has 1 aliphatic rings. The van der Waals surface area contributed by atoms with E-state index in [0.29, 0.717) is 17.4 Å². The number of hydrogen-bond acceptors (Lipinski definition) is 4. The molecule has 5 nitrogen and oxygen atoms in total. The molecule has 2 atom stereocenters. The highest BCUT2D eigenvalue weighted by atomic mass is 35.5. The van der Waals surface area contributed by atoms with E-state index in [1.807, 2.05) is 24.3 Å². The summed E-state index contributed by atoms with van der Waals surface area (Å²) in [4.78, 5) is 4.25. The number of nitrogens with one attached hydrogen (secondary N) is 1. The van der Waals surface area contributed by atoms with Gasteiger partial charge in [-0.15, -0.1) is 5.10 Å². The molecule has 0 saturated carbocycles. The van der Waals surface area contributed by atoms with Crippen LogP contribution >= 0.6 is 11.6 Å². The molecule has 2 aromatic carbocycles. The molecule has 2 unspecified atom stereocenters. The van der Waals surface area contributed by atoms with E-state index in [0.717, 1.165) is 11.1 Å². The Balaban J connectivity index is 1.78. The molecule has 0 saturated heterocycles. The number of benzene rings is 2. The molecule has 0 fully saturated rings. The maximum absolute atomic E-state index is 13.3. The quantitative estimate of drug-likeness (QED) is 0.742. The molecule has 3 aromatic rings. The second kappa shape index (κ2) is 5.79. The summed E-state index contributed by atoms with van der Waals surface area (Å²) < 4.78 is 15.0. The lowest BCUT2D eigenvalue weighted by Gasteiger charge is -2.32. The third-order valence-electron chi connectivity index (χ3n) is 4.24. The highest BCUT2D eigenvalue weighted by Crippen LogP contribution is 2.39. The fourth-order valence-corrected chi connectivity index (χ4v) is 3.39. The number of hydrogen-bond donors (Lipinski definition) is 2. The molecular weight excluding hydrogens is 329 g/mol. The van der Waals surface area contributed by atoms with Crippen LogP contribution in [0.2, 0.25) is 5.02 Å². The van der Waals surface area contributed by atoms with Gasteiger partial charge in [-0.25, -0.2) is 9.07 Å². The lowest BCUT2D eigenvalue weighted by atomic mass is 9.93. The first-order chi connectivity index (χ1) is 11.6. The van der Waals surface area contributed by atoms with Gasteiger partial charge in [0.25, 0.3) is 0 Å². The van der Waals surface area contributed by atoms with Crippen LogP contribution in [0.25, 0.3) is 0 Å².